The maximum absolute atomic E-state index is 10.8. The van der Waals surface area contributed by atoms with Crippen LogP contribution in [-0.4, -0.2) is 41.5 Å². The van der Waals surface area contributed by atoms with E-state index in [0.29, 0.717) is 0 Å². The van der Waals surface area contributed by atoms with Gasteiger partial charge in [0.2, 0.25) is 11.6 Å². The number of ether oxygens (including phenoxy) is 1. The van der Waals surface area contributed by atoms with Gasteiger partial charge in [-0.25, -0.2) is 0 Å². The minimum atomic E-state index is -2.36. The maximum atomic E-state index is 10.8. The molecule has 0 aliphatic rings. The van der Waals surface area contributed by atoms with Crippen molar-refractivity contribution in [3.05, 3.63) is 10.4 Å². The average molecular weight is 189 g/mol. The van der Waals surface area contributed by atoms with E-state index in [1.807, 2.05) is 0 Å². The molecule has 0 spiro atoms. The molecule has 0 aromatic heterocycles. The minimum absolute atomic E-state index is 0.0753. The number of hydrogen-bond acceptors (Lipinski definition) is 5. The van der Waals surface area contributed by atoms with Crippen LogP contribution in [0, 0.1) is 0 Å². The number of carbonyl (C=O) groups excluding carboxylic acids is 1. The van der Waals surface area contributed by atoms with Crippen LogP contribution in [0.15, 0.2) is 5.11 Å². The van der Waals surface area contributed by atoms with Gasteiger partial charge < -0.3 is 14.9 Å². The van der Waals surface area contributed by atoms with E-state index in [0.717, 1.165) is 6.92 Å². The first-order chi connectivity index (χ1) is 5.98. The lowest BCUT2D eigenvalue weighted by atomic mass is 10.2. The molecule has 0 atom stereocenters. The molecule has 74 valence electrons. The van der Waals surface area contributed by atoms with Crippen LogP contribution in [0.5, 0.6) is 0 Å². The van der Waals surface area contributed by atoms with E-state index < -0.39 is 18.2 Å². The Hall–Kier alpha value is -1.14. The highest BCUT2D eigenvalue weighted by Gasteiger charge is 2.25. The van der Waals surface area contributed by atoms with Gasteiger partial charge in [0.1, 0.15) is 6.61 Å². The SMILES string of the molecule is CC(O)(O)C(=O)COCCN=[N+]=[N-]. The zero-order valence-electron chi connectivity index (χ0n) is 7.17. The molecule has 13 heavy (non-hydrogen) atoms. The van der Waals surface area contributed by atoms with Crippen molar-refractivity contribution in [3.63, 3.8) is 0 Å². The first-order valence-electron chi connectivity index (χ1n) is 3.55. The van der Waals surface area contributed by atoms with Gasteiger partial charge in [0, 0.05) is 11.5 Å². The van der Waals surface area contributed by atoms with E-state index in [4.69, 9.17) is 15.7 Å². The Morgan fingerprint density at radius 3 is 2.77 bits per heavy atom. The second-order valence-corrected chi connectivity index (χ2v) is 2.45. The fraction of sp³-hybridized carbons (Fsp3) is 0.833. The smallest absolute Gasteiger partial charge is 0.223 e. The van der Waals surface area contributed by atoms with Gasteiger partial charge in [-0.1, -0.05) is 5.11 Å². The van der Waals surface area contributed by atoms with E-state index >= 15 is 0 Å². The van der Waals surface area contributed by atoms with Crippen molar-refractivity contribution in [3.8, 4) is 0 Å². The summed E-state index contributed by atoms with van der Waals surface area (Å²) in [6.07, 6.45) is 0. The minimum Gasteiger partial charge on any atom is -0.373 e. The van der Waals surface area contributed by atoms with E-state index in [2.05, 4.69) is 14.8 Å². The van der Waals surface area contributed by atoms with Crippen molar-refractivity contribution in [2.24, 2.45) is 5.11 Å². The lowest BCUT2D eigenvalue weighted by molar-refractivity contribution is -0.179. The standard InChI is InChI=1S/C6H11N3O4/c1-6(11,12)5(10)4-13-3-2-8-9-7/h11-12H,2-4H2,1H3. The third-order valence-corrected chi connectivity index (χ3v) is 1.16. The summed E-state index contributed by atoms with van der Waals surface area (Å²) in [7, 11) is 0. The van der Waals surface area contributed by atoms with Gasteiger partial charge in [-0.3, -0.25) is 4.79 Å². The van der Waals surface area contributed by atoms with Crippen LogP contribution in [0.25, 0.3) is 10.4 Å². The van der Waals surface area contributed by atoms with Crippen LogP contribution in [0.1, 0.15) is 6.92 Å². The molecule has 0 unspecified atom stereocenters. The highest BCUT2D eigenvalue weighted by atomic mass is 16.5. The van der Waals surface area contributed by atoms with Gasteiger partial charge in [-0.15, -0.1) is 0 Å². The van der Waals surface area contributed by atoms with Gasteiger partial charge >= 0.3 is 0 Å². The second kappa shape index (κ2) is 5.50. The number of rotatable bonds is 6. The molecule has 0 heterocycles. The monoisotopic (exact) mass is 189 g/mol. The highest BCUT2D eigenvalue weighted by molar-refractivity contribution is 5.85. The summed E-state index contributed by atoms with van der Waals surface area (Å²) in [6.45, 7) is 0.722. The van der Waals surface area contributed by atoms with Gasteiger partial charge in [-0.2, -0.15) is 0 Å². The molecule has 0 aromatic carbocycles. The quantitative estimate of drug-likeness (QED) is 0.194. The molecule has 0 rings (SSSR count). The Morgan fingerprint density at radius 2 is 2.31 bits per heavy atom. The van der Waals surface area contributed by atoms with Crippen LogP contribution >= 0.6 is 0 Å². The Kier molecular flexibility index (Phi) is 5.01. The molecular formula is C6H11N3O4. The Morgan fingerprint density at radius 1 is 1.69 bits per heavy atom. The Balaban J connectivity index is 3.54. The number of azide groups is 1. The maximum Gasteiger partial charge on any atom is 0.223 e. The molecule has 0 saturated carbocycles. The fourth-order valence-electron chi connectivity index (χ4n) is 0.452. The normalized spacial score (nSPS) is 10.7. The number of hydrogen-bond donors (Lipinski definition) is 2. The lowest BCUT2D eigenvalue weighted by Gasteiger charge is -2.13. The summed E-state index contributed by atoms with van der Waals surface area (Å²) in [5.74, 6) is -3.20. The van der Waals surface area contributed by atoms with Crippen LogP contribution in [0.3, 0.4) is 0 Å². The number of carbonyl (C=O) groups is 1. The second-order valence-electron chi connectivity index (χ2n) is 2.45. The van der Waals surface area contributed by atoms with Crippen LogP contribution < -0.4 is 0 Å². The van der Waals surface area contributed by atoms with Crippen molar-refractivity contribution in [1.82, 2.24) is 0 Å². The van der Waals surface area contributed by atoms with Crippen molar-refractivity contribution >= 4 is 5.78 Å². The van der Waals surface area contributed by atoms with Crippen molar-refractivity contribution in [2.45, 2.75) is 12.7 Å². The summed E-state index contributed by atoms with van der Waals surface area (Å²) in [4.78, 5) is 13.2. The molecule has 0 bridgehead atoms. The molecule has 0 aromatic rings. The van der Waals surface area contributed by atoms with Gasteiger partial charge in [-0.05, 0) is 12.5 Å². The van der Waals surface area contributed by atoms with Crippen LogP contribution in [-0.2, 0) is 9.53 Å². The molecule has 2 N–H and O–H groups in total. The molecule has 0 aliphatic carbocycles. The van der Waals surface area contributed by atoms with Crippen molar-refractivity contribution < 1.29 is 19.7 Å². The van der Waals surface area contributed by atoms with Crippen molar-refractivity contribution in [1.29, 1.82) is 0 Å². The van der Waals surface area contributed by atoms with E-state index in [1.165, 1.54) is 0 Å². The number of ketones is 1. The molecule has 0 amide bonds. The fourth-order valence-corrected chi connectivity index (χ4v) is 0.452. The van der Waals surface area contributed by atoms with Gasteiger partial charge in [0.25, 0.3) is 0 Å². The topological polar surface area (TPSA) is 116 Å². The predicted octanol–water partition coefficient (Wildman–Crippen LogP) is -0.417. The third kappa shape index (κ3) is 6.06. The Bertz CT molecular complexity index is 216. The number of aliphatic hydroxyl groups is 2. The summed E-state index contributed by atoms with van der Waals surface area (Å²) >= 11 is 0. The van der Waals surface area contributed by atoms with Crippen LogP contribution in [0.2, 0.25) is 0 Å². The predicted molar refractivity (Wildman–Crippen MR) is 42.7 cm³/mol. The summed E-state index contributed by atoms with van der Waals surface area (Å²) in [5.41, 5.74) is 7.86. The average Bonchev–Trinajstić information content (AvgIpc) is 2.02. The summed E-state index contributed by atoms with van der Waals surface area (Å²) in [5, 5.41) is 20.6. The Labute approximate surface area is 74.6 Å². The molecule has 7 heteroatoms. The number of Topliss-reactive ketones (excluding diaryl/α,β-unsaturated/α-hetero) is 1. The van der Waals surface area contributed by atoms with E-state index in [9.17, 15) is 4.79 Å². The third-order valence-electron chi connectivity index (χ3n) is 1.16. The molecule has 0 aliphatic heterocycles. The van der Waals surface area contributed by atoms with Gasteiger partial charge in [0.05, 0.1) is 6.61 Å². The summed E-state index contributed by atoms with van der Waals surface area (Å²) in [6, 6.07) is 0. The number of nitrogens with zero attached hydrogens (tertiary/aromatic N) is 3. The zero-order valence-corrected chi connectivity index (χ0v) is 7.17. The largest absolute Gasteiger partial charge is 0.373 e. The molecule has 0 radical (unpaired) electrons. The van der Waals surface area contributed by atoms with Crippen LogP contribution in [0.4, 0.5) is 0 Å². The highest BCUT2D eigenvalue weighted by Crippen LogP contribution is 1.98. The molecule has 0 saturated heterocycles. The molecule has 7 nitrogen and oxygen atoms in total. The molecule has 0 fully saturated rings. The van der Waals surface area contributed by atoms with E-state index in [1.54, 1.807) is 0 Å². The van der Waals surface area contributed by atoms with E-state index in [-0.39, 0.29) is 13.2 Å². The van der Waals surface area contributed by atoms with Crippen molar-refractivity contribution in [2.75, 3.05) is 19.8 Å². The summed E-state index contributed by atoms with van der Waals surface area (Å²) < 4.78 is 4.69. The molecular weight excluding hydrogens is 178 g/mol. The zero-order chi connectivity index (χ0) is 10.3. The first kappa shape index (κ1) is 11.9. The first-order valence-corrected chi connectivity index (χ1v) is 3.55. The van der Waals surface area contributed by atoms with Gasteiger partial charge in [0.15, 0.2) is 0 Å². The lowest BCUT2D eigenvalue weighted by Crippen LogP contribution is -2.37.